The molecule has 1 rings (SSSR count). The summed E-state index contributed by atoms with van der Waals surface area (Å²) < 4.78 is 5.41. The maximum absolute atomic E-state index is 10.9. The van der Waals surface area contributed by atoms with Gasteiger partial charge in [0.2, 0.25) is 0 Å². The molecule has 0 saturated carbocycles. The molecule has 0 bridgehead atoms. The number of unbranched alkanes of at least 4 members (excludes halogenated alkanes) is 1. The van der Waals surface area contributed by atoms with Crippen molar-refractivity contribution in [3.63, 3.8) is 0 Å². The minimum absolute atomic E-state index is 0.142. The maximum Gasteiger partial charge on any atom is 0.339 e. The Balaban J connectivity index is 2.29. The number of carboxylic acid groups (broad SMARTS) is 1. The summed E-state index contributed by atoms with van der Waals surface area (Å²) >= 11 is 0. The molecule has 0 spiro atoms. The van der Waals surface area contributed by atoms with Crippen LogP contribution in [0.25, 0.3) is 0 Å². The van der Waals surface area contributed by atoms with Crippen LogP contribution in [0, 0.1) is 0 Å². The van der Waals surface area contributed by atoms with Crippen molar-refractivity contribution in [2.45, 2.75) is 32.8 Å². The van der Waals surface area contributed by atoms with Crippen LogP contribution < -0.4 is 5.32 Å². The van der Waals surface area contributed by atoms with Gasteiger partial charge in [0, 0.05) is 13.2 Å². The van der Waals surface area contributed by atoms with E-state index in [1.54, 1.807) is 0 Å². The van der Waals surface area contributed by atoms with Crippen LogP contribution in [-0.2, 0) is 4.74 Å². The first kappa shape index (κ1) is 14.4. The number of rotatable bonds is 8. The second kappa shape index (κ2) is 7.60. The minimum atomic E-state index is -1.00. The van der Waals surface area contributed by atoms with Gasteiger partial charge in [0.1, 0.15) is 5.56 Å². The second-order valence-electron chi connectivity index (χ2n) is 4.15. The van der Waals surface area contributed by atoms with Gasteiger partial charge in [-0.05, 0) is 32.8 Å². The lowest BCUT2D eigenvalue weighted by Crippen LogP contribution is -2.11. The molecule has 0 saturated heterocycles. The number of ether oxygens (including phenoxy) is 1. The summed E-state index contributed by atoms with van der Waals surface area (Å²) in [5, 5.41) is 19.4. The van der Waals surface area contributed by atoms with Crippen LogP contribution >= 0.6 is 0 Å². The molecule has 1 heterocycles. The first-order chi connectivity index (χ1) is 8.61. The van der Waals surface area contributed by atoms with E-state index in [-0.39, 0.29) is 11.7 Å². The number of aromatic nitrogens is 2. The van der Waals surface area contributed by atoms with Crippen molar-refractivity contribution >= 4 is 11.8 Å². The average molecular weight is 253 g/mol. The predicted octanol–water partition coefficient (Wildman–Crippen LogP) is 1.79. The van der Waals surface area contributed by atoms with Gasteiger partial charge in [-0.1, -0.05) is 0 Å². The third-order valence-electron chi connectivity index (χ3n) is 2.27. The Morgan fingerprint density at radius 2 is 2.28 bits per heavy atom. The highest BCUT2D eigenvalue weighted by molar-refractivity contribution is 5.92. The number of hydrogen-bond donors (Lipinski definition) is 2. The lowest BCUT2D eigenvalue weighted by molar-refractivity contribution is 0.0696. The summed E-state index contributed by atoms with van der Waals surface area (Å²) in [5.41, 5.74) is 0.142. The molecule has 0 aliphatic rings. The van der Waals surface area contributed by atoms with Crippen LogP contribution in [-0.4, -0.2) is 40.5 Å². The van der Waals surface area contributed by atoms with Crippen LogP contribution in [0.2, 0.25) is 0 Å². The zero-order valence-electron chi connectivity index (χ0n) is 10.7. The van der Waals surface area contributed by atoms with E-state index in [0.717, 1.165) is 12.8 Å². The van der Waals surface area contributed by atoms with E-state index in [9.17, 15) is 4.79 Å². The monoisotopic (exact) mass is 253 g/mol. The highest BCUT2D eigenvalue weighted by atomic mass is 16.5. The molecule has 0 aromatic carbocycles. The summed E-state index contributed by atoms with van der Waals surface area (Å²) in [6.45, 7) is 5.36. The van der Waals surface area contributed by atoms with E-state index in [4.69, 9.17) is 9.84 Å². The van der Waals surface area contributed by atoms with Crippen LogP contribution in [0.1, 0.15) is 37.0 Å². The van der Waals surface area contributed by atoms with Gasteiger partial charge in [-0.15, -0.1) is 5.10 Å². The molecular formula is C12H19N3O3. The Kier molecular flexibility index (Phi) is 6.07. The van der Waals surface area contributed by atoms with E-state index >= 15 is 0 Å². The van der Waals surface area contributed by atoms with E-state index in [2.05, 4.69) is 15.5 Å². The van der Waals surface area contributed by atoms with Gasteiger partial charge in [0.05, 0.1) is 12.3 Å². The fraction of sp³-hybridized carbons (Fsp3) is 0.583. The zero-order chi connectivity index (χ0) is 13.4. The van der Waals surface area contributed by atoms with Crippen molar-refractivity contribution in [3.05, 3.63) is 17.8 Å². The summed E-state index contributed by atoms with van der Waals surface area (Å²) in [6.07, 6.45) is 3.43. The number of hydrogen-bond acceptors (Lipinski definition) is 5. The van der Waals surface area contributed by atoms with Crippen molar-refractivity contribution in [2.75, 3.05) is 18.5 Å². The highest BCUT2D eigenvalue weighted by Gasteiger charge is 2.10. The van der Waals surface area contributed by atoms with Crippen molar-refractivity contribution in [1.29, 1.82) is 0 Å². The van der Waals surface area contributed by atoms with Crippen LogP contribution in [0.4, 0.5) is 5.82 Å². The zero-order valence-corrected chi connectivity index (χ0v) is 10.7. The normalized spacial score (nSPS) is 10.6. The number of aromatic carboxylic acids is 1. The van der Waals surface area contributed by atoms with Gasteiger partial charge in [-0.25, -0.2) is 4.79 Å². The van der Waals surface area contributed by atoms with Gasteiger partial charge < -0.3 is 15.2 Å². The standard InChI is InChI=1S/C12H19N3O3/c1-9(2)18-8-4-3-6-13-11-10(12(16)17)5-7-14-15-11/h5,7,9H,3-4,6,8H2,1-2H3,(H,13,15)(H,16,17). The number of nitrogens with zero attached hydrogens (tertiary/aromatic N) is 2. The summed E-state index contributed by atoms with van der Waals surface area (Å²) in [7, 11) is 0. The van der Waals surface area contributed by atoms with Crippen LogP contribution in [0.5, 0.6) is 0 Å². The molecule has 0 amide bonds. The molecule has 18 heavy (non-hydrogen) atoms. The molecule has 0 atom stereocenters. The molecule has 0 fully saturated rings. The number of nitrogens with one attached hydrogen (secondary N) is 1. The lowest BCUT2D eigenvalue weighted by Gasteiger charge is -2.09. The van der Waals surface area contributed by atoms with Crippen molar-refractivity contribution in [3.8, 4) is 0 Å². The Labute approximate surface area is 106 Å². The molecule has 0 aliphatic carbocycles. The molecule has 1 aromatic rings. The molecule has 6 heteroatoms. The fourth-order valence-corrected chi connectivity index (χ4v) is 1.39. The molecule has 1 aromatic heterocycles. The fourth-order valence-electron chi connectivity index (χ4n) is 1.39. The first-order valence-electron chi connectivity index (χ1n) is 6.01. The molecular weight excluding hydrogens is 234 g/mol. The Hall–Kier alpha value is -1.69. The molecule has 0 aliphatic heterocycles. The summed E-state index contributed by atoms with van der Waals surface area (Å²) in [5.74, 6) is -0.690. The maximum atomic E-state index is 10.9. The largest absolute Gasteiger partial charge is 0.478 e. The molecule has 100 valence electrons. The van der Waals surface area contributed by atoms with Crippen molar-refractivity contribution < 1.29 is 14.6 Å². The molecule has 6 nitrogen and oxygen atoms in total. The lowest BCUT2D eigenvalue weighted by atomic mass is 10.2. The number of carbonyl (C=O) groups is 1. The Morgan fingerprint density at radius 3 is 2.94 bits per heavy atom. The quantitative estimate of drug-likeness (QED) is 0.687. The smallest absolute Gasteiger partial charge is 0.339 e. The van der Waals surface area contributed by atoms with Gasteiger partial charge in [-0.2, -0.15) is 5.10 Å². The predicted molar refractivity (Wildman–Crippen MR) is 67.8 cm³/mol. The molecule has 0 unspecified atom stereocenters. The topological polar surface area (TPSA) is 84.3 Å². The summed E-state index contributed by atoms with van der Waals surface area (Å²) in [6, 6.07) is 1.43. The average Bonchev–Trinajstić information content (AvgIpc) is 2.33. The van der Waals surface area contributed by atoms with Gasteiger partial charge in [-0.3, -0.25) is 0 Å². The third-order valence-corrected chi connectivity index (χ3v) is 2.27. The van der Waals surface area contributed by atoms with Crippen LogP contribution in [0.15, 0.2) is 12.3 Å². The number of anilines is 1. The van der Waals surface area contributed by atoms with Gasteiger partial charge in [0.15, 0.2) is 5.82 Å². The third kappa shape index (κ3) is 5.09. The van der Waals surface area contributed by atoms with E-state index in [1.807, 2.05) is 13.8 Å². The van der Waals surface area contributed by atoms with Crippen molar-refractivity contribution in [1.82, 2.24) is 10.2 Å². The van der Waals surface area contributed by atoms with E-state index in [1.165, 1.54) is 12.3 Å². The number of carboxylic acids is 1. The van der Waals surface area contributed by atoms with Gasteiger partial charge >= 0.3 is 5.97 Å². The van der Waals surface area contributed by atoms with E-state index in [0.29, 0.717) is 19.0 Å². The molecule has 2 N–H and O–H groups in total. The van der Waals surface area contributed by atoms with Crippen molar-refractivity contribution in [2.24, 2.45) is 0 Å². The van der Waals surface area contributed by atoms with Crippen LogP contribution in [0.3, 0.4) is 0 Å². The minimum Gasteiger partial charge on any atom is -0.478 e. The SMILES string of the molecule is CC(C)OCCCCNc1nnccc1C(=O)O. The highest BCUT2D eigenvalue weighted by Crippen LogP contribution is 2.09. The van der Waals surface area contributed by atoms with E-state index < -0.39 is 5.97 Å². The van der Waals surface area contributed by atoms with Gasteiger partial charge in [0.25, 0.3) is 0 Å². The summed E-state index contributed by atoms with van der Waals surface area (Å²) in [4.78, 5) is 10.9. The molecule has 0 radical (unpaired) electrons. The Bertz CT molecular complexity index is 383. The first-order valence-corrected chi connectivity index (χ1v) is 6.01. The Morgan fingerprint density at radius 1 is 1.50 bits per heavy atom. The second-order valence-corrected chi connectivity index (χ2v) is 4.15.